The maximum atomic E-state index is 5.83. The van der Waals surface area contributed by atoms with E-state index in [-0.39, 0.29) is 0 Å². The molecule has 0 unspecified atom stereocenters. The van der Waals surface area contributed by atoms with E-state index in [0.717, 1.165) is 33.8 Å². The Morgan fingerprint density at radius 2 is 1.57 bits per heavy atom. The number of nitrogens with two attached hydrogens (primary N) is 1. The van der Waals surface area contributed by atoms with E-state index in [4.69, 9.17) is 10.7 Å². The van der Waals surface area contributed by atoms with Crippen molar-refractivity contribution in [3.63, 3.8) is 0 Å². The third-order valence-electron chi connectivity index (χ3n) is 3.61. The number of para-hydroxylation sites is 3. The molecule has 2 aromatic carbocycles. The van der Waals surface area contributed by atoms with E-state index in [2.05, 4.69) is 16.0 Å². The van der Waals surface area contributed by atoms with E-state index >= 15 is 0 Å². The maximum Gasteiger partial charge on any atom is 0.154 e. The number of nitrogens with zero attached hydrogens (tertiary/aromatic N) is 3. The first kappa shape index (κ1) is 13.5. The summed E-state index contributed by atoms with van der Waals surface area (Å²) in [7, 11) is 2.00. The third-order valence-corrected chi connectivity index (χ3v) is 3.61. The van der Waals surface area contributed by atoms with Crippen molar-refractivity contribution in [3.8, 4) is 0 Å². The van der Waals surface area contributed by atoms with Crippen LogP contribution in [0.2, 0.25) is 0 Å². The van der Waals surface area contributed by atoms with Gasteiger partial charge in [0.1, 0.15) is 0 Å². The van der Waals surface area contributed by atoms with Gasteiger partial charge in [0, 0.05) is 19.3 Å². The minimum absolute atomic E-state index is 0.501. The van der Waals surface area contributed by atoms with Crippen molar-refractivity contribution < 1.29 is 0 Å². The zero-order valence-corrected chi connectivity index (χ0v) is 12.2. The highest BCUT2D eigenvalue weighted by Gasteiger charge is 2.13. The monoisotopic (exact) mass is 278 g/mol. The molecule has 0 spiro atoms. The van der Waals surface area contributed by atoms with E-state index in [1.54, 1.807) is 0 Å². The lowest BCUT2D eigenvalue weighted by Gasteiger charge is -2.22. The van der Waals surface area contributed by atoms with E-state index < -0.39 is 0 Å². The second-order valence-corrected chi connectivity index (χ2v) is 5.01. The SMILES string of the molecule is Cc1nc2ccccc2nc1N(C)c1ccccc1CN. The molecule has 21 heavy (non-hydrogen) atoms. The number of fused-ring (bicyclic) bond motifs is 1. The van der Waals surface area contributed by atoms with Gasteiger partial charge >= 0.3 is 0 Å². The standard InChI is InChI=1S/C17H18N4/c1-12-17(20-15-9-5-4-8-14(15)19-12)21(2)16-10-6-3-7-13(16)11-18/h3-10H,11,18H2,1-2H3. The zero-order chi connectivity index (χ0) is 14.8. The highest BCUT2D eigenvalue weighted by Crippen LogP contribution is 2.28. The molecule has 0 radical (unpaired) electrons. The Kier molecular flexibility index (Phi) is 3.54. The van der Waals surface area contributed by atoms with Crippen molar-refractivity contribution in [3.05, 3.63) is 59.8 Å². The number of rotatable bonds is 3. The normalized spacial score (nSPS) is 10.8. The molecule has 0 amide bonds. The second kappa shape index (κ2) is 5.50. The van der Waals surface area contributed by atoms with Crippen LogP contribution in [-0.2, 0) is 6.54 Å². The average Bonchev–Trinajstić information content (AvgIpc) is 2.53. The molecule has 3 aromatic rings. The van der Waals surface area contributed by atoms with Crippen molar-refractivity contribution in [2.75, 3.05) is 11.9 Å². The molecule has 3 rings (SSSR count). The lowest BCUT2D eigenvalue weighted by atomic mass is 10.1. The van der Waals surface area contributed by atoms with Crippen molar-refractivity contribution in [2.24, 2.45) is 5.73 Å². The summed E-state index contributed by atoms with van der Waals surface area (Å²) in [4.78, 5) is 11.4. The van der Waals surface area contributed by atoms with Crippen LogP contribution in [0.15, 0.2) is 48.5 Å². The maximum absolute atomic E-state index is 5.83. The fourth-order valence-corrected chi connectivity index (χ4v) is 2.52. The predicted octanol–water partition coefficient (Wildman–Crippen LogP) is 3.16. The van der Waals surface area contributed by atoms with Crippen molar-refractivity contribution in [1.29, 1.82) is 0 Å². The smallest absolute Gasteiger partial charge is 0.154 e. The molecule has 4 heteroatoms. The summed E-state index contributed by atoms with van der Waals surface area (Å²) in [6, 6.07) is 16.0. The van der Waals surface area contributed by atoms with Crippen LogP contribution in [0.4, 0.5) is 11.5 Å². The molecule has 0 aliphatic rings. The largest absolute Gasteiger partial charge is 0.328 e. The Hall–Kier alpha value is -2.46. The predicted molar refractivity (Wildman–Crippen MR) is 86.7 cm³/mol. The summed E-state index contributed by atoms with van der Waals surface area (Å²) in [5.74, 6) is 0.856. The van der Waals surface area contributed by atoms with Gasteiger partial charge in [-0.05, 0) is 30.7 Å². The molecule has 106 valence electrons. The summed E-state index contributed by atoms with van der Waals surface area (Å²) >= 11 is 0. The van der Waals surface area contributed by atoms with Crippen LogP contribution in [0.1, 0.15) is 11.3 Å². The number of benzene rings is 2. The summed E-state index contributed by atoms with van der Waals surface area (Å²) in [5, 5.41) is 0. The van der Waals surface area contributed by atoms with E-state index in [1.165, 1.54) is 0 Å². The van der Waals surface area contributed by atoms with Crippen LogP contribution in [0.5, 0.6) is 0 Å². The van der Waals surface area contributed by atoms with Crippen LogP contribution in [-0.4, -0.2) is 17.0 Å². The van der Waals surface area contributed by atoms with Gasteiger partial charge in [-0.15, -0.1) is 0 Å². The fourth-order valence-electron chi connectivity index (χ4n) is 2.52. The van der Waals surface area contributed by atoms with Gasteiger partial charge in [-0.25, -0.2) is 9.97 Å². The van der Waals surface area contributed by atoms with E-state index in [9.17, 15) is 0 Å². The highest BCUT2D eigenvalue weighted by atomic mass is 15.2. The first-order valence-electron chi connectivity index (χ1n) is 6.96. The highest BCUT2D eigenvalue weighted by molar-refractivity contribution is 5.78. The molecule has 0 bridgehead atoms. The fraction of sp³-hybridized carbons (Fsp3) is 0.176. The molecule has 0 saturated carbocycles. The number of aromatic nitrogens is 2. The molecule has 1 heterocycles. The van der Waals surface area contributed by atoms with Gasteiger partial charge in [0.25, 0.3) is 0 Å². The summed E-state index contributed by atoms with van der Waals surface area (Å²) in [6.07, 6.45) is 0. The average molecular weight is 278 g/mol. The Labute approximate surface area is 124 Å². The number of hydrogen-bond acceptors (Lipinski definition) is 4. The summed E-state index contributed by atoms with van der Waals surface area (Å²) < 4.78 is 0. The van der Waals surface area contributed by atoms with Gasteiger partial charge in [-0.1, -0.05) is 30.3 Å². The molecule has 2 N–H and O–H groups in total. The molecule has 0 fully saturated rings. The first-order chi connectivity index (χ1) is 10.2. The molecular formula is C17H18N4. The van der Waals surface area contributed by atoms with Crippen molar-refractivity contribution >= 4 is 22.5 Å². The lowest BCUT2D eigenvalue weighted by molar-refractivity contribution is 1.02. The molecule has 4 nitrogen and oxygen atoms in total. The quantitative estimate of drug-likeness (QED) is 0.799. The van der Waals surface area contributed by atoms with Gasteiger partial charge in [-0.2, -0.15) is 0 Å². The number of hydrogen-bond donors (Lipinski definition) is 1. The van der Waals surface area contributed by atoms with Gasteiger partial charge in [0.15, 0.2) is 5.82 Å². The Morgan fingerprint density at radius 3 is 2.29 bits per heavy atom. The summed E-state index contributed by atoms with van der Waals surface area (Å²) in [6.45, 7) is 2.48. The molecular weight excluding hydrogens is 260 g/mol. The van der Waals surface area contributed by atoms with Crippen LogP contribution < -0.4 is 10.6 Å². The second-order valence-electron chi connectivity index (χ2n) is 5.01. The van der Waals surface area contributed by atoms with Gasteiger partial charge in [0.2, 0.25) is 0 Å². The van der Waals surface area contributed by atoms with Crippen LogP contribution in [0.25, 0.3) is 11.0 Å². The first-order valence-corrected chi connectivity index (χ1v) is 6.96. The van der Waals surface area contributed by atoms with Crippen LogP contribution >= 0.6 is 0 Å². The van der Waals surface area contributed by atoms with Gasteiger partial charge in [0.05, 0.1) is 16.7 Å². The minimum Gasteiger partial charge on any atom is -0.328 e. The van der Waals surface area contributed by atoms with Gasteiger partial charge in [-0.3, -0.25) is 0 Å². The molecule has 1 aromatic heterocycles. The third kappa shape index (κ3) is 2.45. The Morgan fingerprint density at radius 1 is 0.952 bits per heavy atom. The van der Waals surface area contributed by atoms with Gasteiger partial charge < -0.3 is 10.6 Å². The molecule has 0 saturated heterocycles. The lowest BCUT2D eigenvalue weighted by Crippen LogP contribution is -2.16. The zero-order valence-electron chi connectivity index (χ0n) is 12.2. The summed E-state index contributed by atoms with van der Waals surface area (Å²) in [5.41, 5.74) is 10.7. The Balaban J connectivity index is 2.13. The van der Waals surface area contributed by atoms with Crippen molar-refractivity contribution in [1.82, 2.24) is 9.97 Å². The number of aryl methyl sites for hydroxylation is 1. The number of anilines is 2. The van der Waals surface area contributed by atoms with Crippen LogP contribution in [0.3, 0.4) is 0 Å². The topological polar surface area (TPSA) is 55.0 Å². The van der Waals surface area contributed by atoms with Crippen molar-refractivity contribution in [2.45, 2.75) is 13.5 Å². The van der Waals surface area contributed by atoms with E-state index in [0.29, 0.717) is 6.54 Å². The minimum atomic E-state index is 0.501. The van der Waals surface area contributed by atoms with E-state index in [1.807, 2.05) is 56.4 Å². The molecule has 0 aliphatic heterocycles. The molecule has 0 atom stereocenters. The van der Waals surface area contributed by atoms with Crippen LogP contribution in [0, 0.1) is 6.92 Å². The Bertz CT molecular complexity index is 783. The molecule has 0 aliphatic carbocycles.